The van der Waals surface area contributed by atoms with Crippen molar-refractivity contribution < 1.29 is 0 Å². The monoisotopic (exact) mass is 205 g/mol. The van der Waals surface area contributed by atoms with E-state index in [0.29, 0.717) is 5.92 Å². The summed E-state index contributed by atoms with van der Waals surface area (Å²) in [7, 11) is 0. The second-order valence-corrected chi connectivity index (χ2v) is 5.31. The van der Waals surface area contributed by atoms with Crippen molar-refractivity contribution in [2.24, 2.45) is 11.7 Å². The first-order chi connectivity index (χ1) is 6.83. The Morgan fingerprint density at radius 1 is 1.20 bits per heavy atom. The van der Waals surface area contributed by atoms with Crippen molar-refractivity contribution in [2.45, 2.75) is 46.6 Å². The molecular weight excluding hydrogens is 182 g/mol. The number of benzene rings is 1. The Morgan fingerprint density at radius 2 is 1.80 bits per heavy atom. The van der Waals surface area contributed by atoms with Gasteiger partial charge in [0.15, 0.2) is 0 Å². The van der Waals surface area contributed by atoms with Crippen LogP contribution in [0.5, 0.6) is 0 Å². The van der Waals surface area contributed by atoms with E-state index in [2.05, 4.69) is 52.8 Å². The van der Waals surface area contributed by atoms with Crippen LogP contribution in [-0.4, -0.2) is 0 Å². The van der Waals surface area contributed by atoms with Crippen LogP contribution >= 0.6 is 0 Å². The van der Waals surface area contributed by atoms with Crippen LogP contribution in [0.3, 0.4) is 0 Å². The van der Waals surface area contributed by atoms with Crippen LogP contribution in [0.2, 0.25) is 0 Å². The first-order valence-corrected chi connectivity index (χ1v) is 5.69. The highest BCUT2D eigenvalue weighted by Gasteiger charge is 2.22. The summed E-state index contributed by atoms with van der Waals surface area (Å²) in [6, 6.07) is 6.54. The van der Waals surface area contributed by atoms with Crippen molar-refractivity contribution in [2.75, 3.05) is 0 Å². The molecule has 0 aliphatic rings. The molecule has 1 rings (SSSR count). The third-order valence-corrected chi connectivity index (χ3v) is 3.00. The molecule has 1 nitrogen and oxygen atoms in total. The maximum absolute atomic E-state index is 6.36. The van der Waals surface area contributed by atoms with Crippen LogP contribution in [0.15, 0.2) is 18.2 Å². The average Bonchev–Trinajstić information content (AvgIpc) is 2.07. The molecule has 1 unspecified atom stereocenters. The minimum Gasteiger partial charge on any atom is -0.322 e. The lowest BCUT2D eigenvalue weighted by Gasteiger charge is -2.28. The summed E-state index contributed by atoms with van der Waals surface area (Å²) >= 11 is 0. The van der Waals surface area contributed by atoms with E-state index in [9.17, 15) is 0 Å². The molecule has 1 heteroatoms. The molecule has 0 saturated heterocycles. The summed E-state index contributed by atoms with van der Waals surface area (Å²) in [6.45, 7) is 10.8. The van der Waals surface area contributed by atoms with Crippen LogP contribution < -0.4 is 5.73 Å². The molecule has 1 atom stereocenters. The van der Waals surface area contributed by atoms with Crippen LogP contribution in [0.1, 0.15) is 43.9 Å². The number of hydrogen-bond acceptors (Lipinski definition) is 1. The lowest BCUT2D eigenvalue weighted by atomic mass is 9.84. The van der Waals surface area contributed by atoms with Gasteiger partial charge >= 0.3 is 0 Å². The van der Waals surface area contributed by atoms with Gasteiger partial charge in [0, 0.05) is 5.54 Å². The van der Waals surface area contributed by atoms with Crippen molar-refractivity contribution in [3.05, 3.63) is 34.9 Å². The maximum Gasteiger partial charge on any atom is 0.0383 e. The van der Waals surface area contributed by atoms with Gasteiger partial charge in [0.25, 0.3) is 0 Å². The molecule has 0 aliphatic heterocycles. The zero-order valence-corrected chi connectivity index (χ0v) is 10.6. The fourth-order valence-corrected chi connectivity index (χ4v) is 2.06. The summed E-state index contributed by atoms with van der Waals surface area (Å²) in [5, 5.41) is 0. The Bertz CT molecular complexity index is 337. The molecule has 0 amide bonds. The minimum absolute atomic E-state index is 0.202. The first-order valence-electron chi connectivity index (χ1n) is 5.69. The van der Waals surface area contributed by atoms with Gasteiger partial charge in [0.2, 0.25) is 0 Å². The van der Waals surface area contributed by atoms with Gasteiger partial charge in [-0.2, -0.15) is 0 Å². The van der Waals surface area contributed by atoms with E-state index in [1.807, 2.05) is 0 Å². The summed E-state index contributed by atoms with van der Waals surface area (Å²) < 4.78 is 0. The van der Waals surface area contributed by atoms with E-state index < -0.39 is 0 Å². The van der Waals surface area contributed by atoms with Crippen molar-refractivity contribution in [1.82, 2.24) is 0 Å². The molecule has 1 aromatic rings. The summed E-state index contributed by atoms with van der Waals surface area (Å²) in [5.41, 5.74) is 10.1. The summed E-state index contributed by atoms with van der Waals surface area (Å²) in [4.78, 5) is 0. The maximum atomic E-state index is 6.36. The molecule has 0 heterocycles. The van der Waals surface area contributed by atoms with Gasteiger partial charge in [0.1, 0.15) is 0 Å². The molecule has 84 valence electrons. The Labute approximate surface area is 93.7 Å². The first kappa shape index (κ1) is 12.3. The lowest BCUT2D eigenvalue weighted by molar-refractivity contribution is 0.380. The average molecular weight is 205 g/mol. The highest BCUT2D eigenvalue weighted by molar-refractivity contribution is 5.33. The predicted octanol–water partition coefficient (Wildman–Crippen LogP) is 3.52. The Kier molecular flexibility index (Phi) is 3.56. The second-order valence-electron chi connectivity index (χ2n) is 5.31. The third kappa shape index (κ3) is 3.07. The zero-order valence-electron chi connectivity index (χ0n) is 10.6. The number of nitrogens with two attached hydrogens (primary N) is 1. The Balaban J connectivity index is 2.99. The van der Waals surface area contributed by atoms with Gasteiger partial charge in [0.05, 0.1) is 0 Å². The molecule has 0 fully saturated rings. The van der Waals surface area contributed by atoms with Crippen molar-refractivity contribution in [3.63, 3.8) is 0 Å². The lowest BCUT2D eigenvalue weighted by Crippen LogP contribution is -2.34. The SMILES string of the molecule is Cc1ccc(C(C)(N)CC(C)C)cc1C. The smallest absolute Gasteiger partial charge is 0.0383 e. The Morgan fingerprint density at radius 3 is 2.27 bits per heavy atom. The molecule has 15 heavy (non-hydrogen) atoms. The van der Waals surface area contributed by atoms with Gasteiger partial charge in [-0.15, -0.1) is 0 Å². The fourth-order valence-electron chi connectivity index (χ4n) is 2.06. The molecule has 0 aliphatic carbocycles. The molecule has 2 N–H and O–H groups in total. The van der Waals surface area contributed by atoms with Crippen LogP contribution in [0.25, 0.3) is 0 Å². The standard InChI is InChI=1S/C14H23N/c1-10(2)9-14(5,15)13-7-6-11(3)12(4)8-13/h6-8,10H,9,15H2,1-5H3. The van der Waals surface area contributed by atoms with E-state index >= 15 is 0 Å². The summed E-state index contributed by atoms with van der Waals surface area (Å²) in [6.07, 6.45) is 1.02. The minimum atomic E-state index is -0.202. The normalized spacial score (nSPS) is 15.4. The van der Waals surface area contributed by atoms with E-state index in [1.54, 1.807) is 0 Å². The van der Waals surface area contributed by atoms with Gasteiger partial charge in [-0.05, 0) is 49.8 Å². The molecule has 0 spiro atoms. The Hall–Kier alpha value is -0.820. The highest BCUT2D eigenvalue weighted by atomic mass is 14.7. The molecule has 0 saturated carbocycles. The third-order valence-electron chi connectivity index (χ3n) is 3.00. The largest absolute Gasteiger partial charge is 0.322 e. The van der Waals surface area contributed by atoms with E-state index in [-0.39, 0.29) is 5.54 Å². The van der Waals surface area contributed by atoms with Crippen LogP contribution in [-0.2, 0) is 5.54 Å². The molecular formula is C14H23N. The quantitative estimate of drug-likeness (QED) is 0.802. The molecule has 0 bridgehead atoms. The second kappa shape index (κ2) is 4.36. The van der Waals surface area contributed by atoms with Crippen molar-refractivity contribution in [3.8, 4) is 0 Å². The van der Waals surface area contributed by atoms with E-state index in [4.69, 9.17) is 5.73 Å². The van der Waals surface area contributed by atoms with Crippen molar-refractivity contribution >= 4 is 0 Å². The highest BCUT2D eigenvalue weighted by Crippen LogP contribution is 2.26. The predicted molar refractivity (Wildman–Crippen MR) is 66.9 cm³/mol. The van der Waals surface area contributed by atoms with Gasteiger partial charge in [-0.25, -0.2) is 0 Å². The van der Waals surface area contributed by atoms with Gasteiger partial charge in [-0.3, -0.25) is 0 Å². The van der Waals surface area contributed by atoms with Gasteiger partial charge < -0.3 is 5.73 Å². The molecule has 1 aromatic carbocycles. The number of hydrogen-bond donors (Lipinski definition) is 1. The topological polar surface area (TPSA) is 26.0 Å². The van der Waals surface area contributed by atoms with Crippen LogP contribution in [0.4, 0.5) is 0 Å². The summed E-state index contributed by atoms with van der Waals surface area (Å²) in [5.74, 6) is 0.626. The van der Waals surface area contributed by atoms with Gasteiger partial charge in [-0.1, -0.05) is 32.0 Å². The zero-order chi connectivity index (χ0) is 11.6. The fraction of sp³-hybridized carbons (Fsp3) is 0.571. The number of aryl methyl sites for hydroxylation is 2. The van der Waals surface area contributed by atoms with Crippen LogP contribution in [0, 0.1) is 19.8 Å². The molecule has 0 aromatic heterocycles. The number of rotatable bonds is 3. The van der Waals surface area contributed by atoms with E-state index in [0.717, 1.165) is 6.42 Å². The van der Waals surface area contributed by atoms with Crippen molar-refractivity contribution in [1.29, 1.82) is 0 Å². The van der Waals surface area contributed by atoms with E-state index in [1.165, 1.54) is 16.7 Å². The molecule has 0 radical (unpaired) electrons.